The van der Waals surface area contributed by atoms with E-state index in [9.17, 15) is 0 Å². The Bertz CT molecular complexity index is 1040. The first-order valence-electron chi connectivity index (χ1n) is 13.0. The van der Waals surface area contributed by atoms with E-state index in [-0.39, 0.29) is 0 Å². The van der Waals surface area contributed by atoms with Crippen LogP contribution in [0, 0.1) is 0 Å². The maximum atomic E-state index is 5.81. The summed E-state index contributed by atoms with van der Waals surface area (Å²) in [6, 6.07) is 11.7. The topological polar surface area (TPSA) is 99.6 Å². The van der Waals surface area contributed by atoms with Crippen LogP contribution in [-0.2, 0) is 28.4 Å². The zero-order valence-corrected chi connectivity index (χ0v) is 21.7. The number of fused-ring (bicyclic) bond motifs is 2. The Morgan fingerprint density at radius 1 is 0.395 bits per heavy atom. The maximum absolute atomic E-state index is 5.81. The van der Waals surface area contributed by atoms with Crippen LogP contribution >= 0.6 is 0 Å². The summed E-state index contributed by atoms with van der Waals surface area (Å²) in [6.45, 7) is 6.72. The number of hydrogen-bond acceptors (Lipinski definition) is 10. The zero-order valence-electron chi connectivity index (χ0n) is 21.7. The predicted molar refractivity (Wildman–Crippen MR) is 142 cm³/mol. The second-order valence-electron chi connectivity index (χ2n) is 8.28. The van der Waals surface area contributed by atoms with E-state index in [0.717, 1.165) is 21.8 Å². The summed E-state index contributed by atoms with van der Waals surface area (Å²) in [4.78, 5) is 9.39. The van der Waals surface area contributed by atoms with Gasteiger partial charge in [-0.1, -0.05) is 24.3 Å². The van der Waals surface area contributed by atoms with Gasteiger partial charge < -0.3 is 37.9 Å². The van der Waals surface area contributed by atoms with Gasteiger partial charge in [0.25, 0.3) is 0 Å². The lowest BCUT2D eigenvalue weighted by molar-refractivity contribution is 0.0121. The number of hydrogen-bond donors (Lipinski definition) is 0. The highest BCUT2D eigenvalue weighted by molar-refractivity contribution is 6.03. The third-order valence-corrected chi connectivity index (χ3v) is 5.51. The van der Waals surface area contributed by atoms with Crippen molar-refractivity contribution in [1.82, 2.24) is 9.97 Å². The Kier molecular flexibility index (Phi) is 12.5. The fourth-order valence-electron chi connectivity index (χ4n) is 3.62. The fourth-order valence-corrected chi connectivity index (χ4v) is 3.62. The number of rotatable bonds is 0. The molecule has 0 radical (unpaired) electrons. The molecule has 0 N–H and O–H groups in total. The Morgan fingerprint density at radius 2 is 0.737 bits per heavy atom. The third-order valence-electron chi connectivity index (χ3n) is 5.51. The zero-order chi connectivity index (χ0) is 26.1. The van der Waals surface area contributed by atoms with Crippen LogP contribution in [0.15, 0.2) is 48.6 Å². The molecule has 4 rings (SSSR count). The summed E-state index contributed by atoms with van der Waals surface area (Å²) in [5.74, 6) is 1.04. The largest absolute Gasteiger partial charge is 0.475 e. The second-order valence-corrected chi connectivity index (χ2v) is 8.28. The van der Waals surface area contributed by atoms with Crippen molar-refractivity contribution in [1.29, 1.82) is 0 Å². The normalized spacial score (nSPS) is 19.7. The van der Waals surface area contributed by atoms with Crippen LogP contribution < -0.4 is 9.47 Å². The van der Waals surface area contributed by atoms with Crippen LogP contribution in [0.25, 0.3) is 21.8 Å². The number of ether oxygens (including phenoxy) is 8. The first kappa shape index (κ1) is 28.2. The second kappa shape index (κ2) is 16.9. The van der Waals surface area contributed by atoms with Gasteiger partial charge in [-0.25, -0.2) is 9.97 Å². The molecule has 0 saturated heterocycles. The van der Waals surface area contributed by atoms with Crippen LogP contribution in [0.3, 0.4) is 0 Å². The molecule has 0 atom stereocenters. The molecule has 0 amide bonds. The number of pyridine rings is 2. The van der Waals surface area contributed by atoms with Gasteiger partial charge in [0.2, 0.25) is 11.8 Å². The first-order chi connectivity index (χ1) is 18.9. The molecular weight excluding hydrogens is 492 g/mol. The molecule has 3 heterocycles. The van der Waals surface area contributed by atoms with Crippen LogP contribution in [0.1, 0.15) is 0 Å². The van der Waals surface area contributed by atoms with Gasteiger partial charge in [-0.3, -0.25) is 0 Å². The first-order valence-corrected chi connectivity index (χ1v) is 13.0. The average molecular weight is 529 g/mol. The Hall–Kier alpha value is -2.86. The minimum atomic E-state index is 0.384. The van der Waals surface area contributed by atoms with Crippen LogP contribution in [0.4, 0.5) is 0 Å². The van der Waals surface area contributed by atoms with Gasteiger partial charge in [-0.15, -0.1) is 0 Å². The van der Waals surface area contributed by atoms with Crippen molar-refractivity contribution in [3.05, 3.63) is 48.6 Å². The van der Waals surface area contributed by atoms with E-state index in [4.69, 9.17) is 47.9 Å². The Balaban J connectivity index is 1.31. The molecule has 4 bridgehead atoms. The molecule has 1 aliphatic heterocycles. The molecule has 10 nitrogen and oxygen atoms in total. The van der Waals surface area contributed by atoms with E-state index in [1.807, 2.05) is 48.6 Å². The van der Waals surface area contributed by atoms with Gasteiger partial charge in [0.1, 0.15) is 24.2 Å². The molecule has 10 heteroatoms. The van der Waals surface area contributed by atoms with Crippen molar-refractivity contribution in [2.45, 2.75) is 0 Å². The van der Waals surface area contributed by atoms with E-state index in [0.29, 0.717) is 104 Å². The quantitative estimate of drug-likeness (QED) is 0.319. The highest BCUT2D eigenvalue weighted by Crippen LogP contribution is 2.26. The molecule has 0 spiro atoms. The number of benzene rings is 1. The van der Waals surface area contributed by atoms with Crippen LogP contribution in [0.5, 0.6) is 11.8 Å². The van der Waals surface area contributed by atoms with Crippen molar-refractivity contribution in [2.24, 2.45) is 0 Å². The molecule has 38 heavy (non-hydrogen) atoms. The molecular formula is C28H36N2O8. The Morgan fingerprint density at radius 3 is 1.16 bits per heavy atom. The maximum Gasteiger partial charge on any atom is 0.213 e. The van der Waals surface area contributed by atoms with E-state index in [1.54, 1.807) is 0 Å². The molecule has 2 aromatic heterocycles. The number of nitrogens with zero attached hydrogens (tertiary/aromatic N) is 2. The molecule has 3 aromatic rings. The third kappa shape index (κ3) is 9.79. The van der Waals surface area contributed by atoms with Crippen molar-refractivity contribution in [2.75, 3.05) is 92.5 Å². The van der Waals surface area contributed by atoms with Gasteiger partial charge in [0.15, 0.2) is 0 Å². The standard InChI is InChI=1S/C28H36N2O8/c1-2-10-32-12-14-34-16-18-36-20-22-38-26-8-6-24-4-3-23-5-7-25(29-27(23)28(24)30-26)37-21-19-35-17-15-33-13-11-31-9-1/h1-8H,9-22H2/b2-1-. The lowest BCUT2D eigenvalue weighted by Crippen LogP contribution is -2.13. The minimum absolute atomic E-state index is 0.384. The molecule has 0 fully saturated rings. The summed E-state index contributed by atoms with van der Waals surface area (Å²) in [7, 11) is 0. The number of aromatic nitrogens is 2. The van der Waals surface area contributed by atoms with E-state index >= 15 is 0 Å². The van der Waals surface area contributed by atoms with E-state index in [1.165, 1.54) is 0 Å². The summed E-state index contributed by atoms with van der Waals surface area (Å²) in [5, 5.41) is 1.95. The van der Waals surface area contributed by atoms with Crippen molar-refractivity contribution < 1.29 is 37.9 Å². The molecule has 206 valence electrons. The predicted octanol–water partition coefficient (Wildman–Crippen LogP) is 3.21. The van der Waals surface area contributed by atoms with Gasteiger partial charge in [0, 0.05) is 22.9 Å². The lowest BCUT2D eigenvalue weighted by Gasteiger charge is -2.10. The monoisotopic (exact) mass is 528 g/mol. The summed E-state index contributed by atoms with van der Waals surface area (Å²) >= 11 is 0. The van der Waals surface area contributed by atoms with Gasteiger partial charge >= 0.3 is 0 Å². The lowest BCUT2D eigenvalue weighted by atomic mass is 10.1. The van der Waals surface area contributed by atoms with E-state index < -0.39 is 0 Å². The van der Waals surface area contributed by atoms with Gasteiger partial charge in [-0.05, 0) is 12.1 Å². The fraction of sp³-hybridized carbons (Fsp3) is 0.500. The summed E-state index contributed by atoms with van der Waals surface area (Å²) in [5.41, 5.74) is 1.52. The van der Waals surface area contributed by atoms with Crippen molar-refractivity contribution >= 4 is 21.8 Å². The van der Waals surface area contributed by atoms with E-state index in [2.05, 4.69) is 0 Å². The van der Waals surface area contributed by atoms with Gasteiger partial charge in [0.05, 0.1) is 79.3 Å². The Labute approximate surface area is 222 Å². The minimum Gasteiger partial charge on any atom is -0.475 e. The molecule has 1 aromatic carbocycles. The summed E-state index contributed by atoms with van der Waals surface area (Å²) < 4.78 is 44.8. The highest BCUT2D eigenvalue weighted by atomic mass is 16.6. The van der Waals surface area contributed by atoms with Crippen molar-refractivity contribution in [3.8, 4) is 11.8 Å². The molecule has 0 saturated carbocycles. The van der Waals surface area contributed by atoms with Crippen LogP contribution in [0.2, 0.25) is 0 Å². The summed E-state index contributed by atoms with van der Waals surface area (Å²) in [6.07, 6.45) is 3.86. The average Bonchev–Trinajstić information content (AvgIpc) is 2.94. The molecule has 1 aliphatic rings. The molecule has 0 aliphatic carbocycles. The van der Waals surface area contributed by atoms with Crippen molar-refractivity contribution in [3.63, 3.8) is 0 Å². The molecule has 0 unspecified atom stereocenters. The smallest absolute Gasteiger partial charge is 0.213 e. The highest BCUT2D eigenvalue weighted by Gasteiger charge is 2.08. The van der Waals surface area contributed by atoms with Gasteiger partial charge in [-0.2, -0.15) is 0 Å². The van der Waals surface area contributed by atoms with Crippen LogP contribution in [-0.4, -0.2) is 102 Å². The SMILES string of the molecule is C1=C\COCCOCCOCCOc2ccc3ccc4ccc(nc4c3n2)OCCOCCOCCOC/1.